The molecule has 0 aliphatic heterocycles. The van der Waals surface area contributed by atoms with Gasteiger partial charge in [0.15, 0.2) is 5.75 Å². The van der Waals surface area contributed by atoms with Crippen LogP contribution in [-0.2, 0) is 11.3 Å². The molecule has 2 fully saturated rings. The predicted octanol–water partition coefficient (Wildman–Crippen LogP) is 0.877. The lowest BCUT2D eigenvalue weighted by Gasteiger charge is -2.31. The zero-order valence-electron chi connectivity index (χ0n) is 11.0. The second kappa shape index (κ2) is 4.52. The van der Waals surface area contributed by atoms with Crippen molar-refractivity contribution in [3.05, 3.63) is 12.4 Å². The van der Waals surface area contributed by atoms with Crippen LogP contribution >= 0.6 is 0 Å². The van der Waals surface area contributed by atoms with Gasteiger partial charge in [0.2, 0.25) is 0 Å². The molecule has 0 bridgehead atoms. The van der Waals surface area contributed by atoms with Gasteiger partial charge in [-0.15, -0.1) is 0 Å². The molecule has 2 aliphatic carbocycles. The average Bonchev–Trinajstić information content (AvgIpc) is 3.28. The number of aromatic nitrogens is 2. The Bertz CT molecular complexity index is 479. The van der Waals surface area contributed by atoms with E-state index in [2.05, 4.69) is 10.4 Å². The van der Waals surface area contributed by atoms with E-state index in [0.29, 0.717) is 18.3 Å². The van der Waals surface area contributed by atoms with Crippen molar-refractivity contribution >= 4 is 5.97 Å². The van der Waals surface area contributed by atoms with Gasteiger partial charge >= 0.3 is 5.97 Å². The number of methoxy groups -OCH3 is 1. The Kier molecular flexibility index (Phi) is 2.97. The highest BCUT2D eigenvalue weighted by Crippen LogP contribution is 2.42. The molecule has 1 aromatic rings. The first-order valence-electron chi connectivity index (χ1n) is 6.71. The van der Waals surface area contributed by atoms with Crippen molar-refractivity contribution in [1.29, 1.82) is 0 Å². The first-order valence-corrected chi connectivity index (χ1v) is 6.71. The highest BCUT2D eigenvalue weighted by molar-refractivity contribution is 5.80. The van der Waals surface area contributed by atoms with Gasteiger partial charge in [0.05, 0.1) is 26.0 Å². The molecule has 2 saturated carbocycles. The number of nitrogens with one attached hydrogen (secondary N) is 1. The van der Waals surface area contributed by atoms with Crippen LogP contribution in [0.2, 0.25) is 0 Å². The molecule has 0 spiro atoms. The van der Waals surface area contributed by atoms with Crippen molar-refractivity contribution in [3.8, 4) is 5.75 Å². The monoisotopic (exact) mass is 265 g/mol. The maximum atomic E-state index is 11.8. The zero-order valence-corrected chi connectivity index (χ0v) is 11.0. The van der Waals surface area contributed by atoms with E-state index < -0.39 is 11.5 Å². The average molecular weight is 265 g/mol. The second-order valence-corrected chi connectivity index (χ2v) is 5.55. The predicted molar refractivity (Wildman–Crippen MR) is 68.0 cm³/mol. The van der Waals surface area contributed by atoms with Crippen LogP contribution in [-0.4, -0.2) is 39.5 Å². The number of hydrogen-bond donors (Lipinski definition) is 2. The molecule has 0 saturated heterocycles. The van der Waals surface area contributed by atoms with Crippen molar-refractivity contribution < 1.29 is 14.6 Å². The first kappa shape index (κ1) is 12.5. The van der Waals surface area contributed by atoms with Gasteiger partial charge < -0.3 is 9.84 Å². The lowest BCUT2D eigenvalue weighted by molar-refractivity contribution is -0.147. The van der Waals surface area contributed by atoms with Gasteiger partial charge in [0.1, 0.15) is 5.54 Å². The largest absolute Gasteiger partial charge is 0.493 e. The Labute approximate surface area is 111 Å². The van der Waals surface area contributed by atoms with Gasteiger partial charge in [-0.1, -0.05) is 0 Å². The van der Waals surface area contributed by atoms with Crippen LogP contribution in [0.5, 0.6) is 5.75 Å². The van der Waals surface area contributed by atoms with Crippen molar-refractivity contribution in [2.24, 2.45) is 5.92 Å². The Balaban J connectivity index is 1.82. The van der Waals surface area contributed by atoms with Crippen molar-refractivity contribution in [1.82, 2.24) is 15.1 Å². The molecular weight excluding hydrogens is 246 g/mol. The standard InChI is InChI=1S/C13H19N3O3/c1-19-11-6-14-16(7-11)8-13(12(17)18,9-2-3-9)15-10-4-5-10/h6-7,9-10,15H,2-5,8H2,1H3,(H,17,18). The van der Waals surface area contributed by atoms with Crippen LogP contribution in [0.25, 0.3) is 0 Å². The van der Waals surface area contributed by atoms with E-state index in [1.165, 1.54) is 0 Å². The van der Waals surface area contributed by atoms with Gasteiger partial charge in [-0.3, -0.25) is 14.8 Å². The highest BCUT2D eigenvalue weighted by Gasteiger charge is 2.53. The minimum atomic E-state index is -0.877. The summed E-state index contributed by atoms with van der Waals surface area (Å²) >= 11 is 0. The van der Waals surface area contributed by atoms with Crippen LogP contribution in [0.4, 0.5) is 0 Å². The van der Waals surface area contributed by atoms with Gasteiger partial charge in [-0.05, 0) is 31.6 Å². The van der Waals surface area contributed by atoms with Crippen LogP contribution in [0.1, 0.15) is 25.7 Å². The molecule has 19 heavy (non-hydrogen) atoms. The van der Waals surface area contributed by atoms with Crippen LogP contribution in [0.3, 0.4) is 0 Å². The number of hydrogen-bond acceptors (Lipinski definition) is 4. The second-order valence-electron chi connectivity index (χ2n) is 5.55. The fourth-order valence-corrected chi connectivity index (χ4v) is 2.56. The van der Waals surface area contributed by atoms with E-state index in [1.54, 1.807) is 24.2 Å². The summed E-state index contributed by atoms with van der Waals surface area (Å²) in [4.78, 5) is 11.8. The lowest BCUT2D eigenvalue weighted by atomic mass is 9.92. The van der Waals surface area contributed by atoms with Crippen molar-refractivity contribution in [2.75, 3.05) is 7.11 Å². The molecule has 2 N–H and O–H groups in total. The quantitative estimate of drug-likeness (QED) is 0.765. The maximum absolute atomic E-state index is 11.8. The third-order valence-corrected chi connectivity index (χ3v) is 3.95. The third-order valence-electron chi connectivity index (χ3n) is 3.95. The topological polar surface area (TPSA) is 76.4 Å². The van der Waals surface area contributed by atoms with E-state index in [-0.39, 0.29) is 5.92 Å². The van der Waals surface area contributed by atoms with Gasteiger partial charge in [0.25, 0.3) is 0 Å². The molecule has 6 heteroatoms. The summed E-state index contributed by atoms with van der Waals surface area (Å²) in [5.74, 6) is 0.0960. The highest BCUT2D eigenvalue weighted by atomic mass is 16.5. The summed E-state index contributed by atoms with van der Waals surface area (Å²) in [6.45, 7) is 0.354. The number of rotatable bonds is 7. The van der Waals surface area contributed by atoms with Crippen molar-refractivity contribution in [2.45, 2.75) is 43.8 Å². The molecule has 104 valence electrons. The summed E-state index contributed by atoms with van der Waals surface area (Å²) in [5, 5.41) is 17.2. The molecule has 3 rings (SSSR count). The normalized spacial score (nSPS) is 21.9. The van der Waals surface area contributed by atoms with Gasteiger partial charge in [-0.2, -0.15) is 5.10 Å². The molecule has 1 aromatic heterocycles. The fraction of sp³-hybridized carbons (Fsp3) is 0.692. The summed E-state index contributed by atoms with van der Waals surface area (Å²) in [6.07, 6.45) is 7.45. The van der Waals surface area contributed by atoms with Gasteiger partial charge in [0, 0.05) is 6.04 Å². The number of nitrogens with zero attached hydrogens (tertiary/aromatic N) is 2. The summed E-state index contributed by atoms with van der Waals surface area (Å²) in [6, 6.07) is 0.356. The molecular formula is C13H19N3O3. The molecule has 0 aromatic carbocycles. The smallest absolute Gasteiger partial charge is 0.326 e. The molecule has 1 atom stereocenters. The summed E-state index contributed by atoms with van der Waals surface area (Å²) in [5.41, 5.74) is -0.877. The van der Waals surface area contributed by atoms with Crippen LogP contribution in [0, 0.1) is 5.92 Å². The summed E-state index contributed by atoms with van der Waals surface area (Å²) in [7, 11) is 1.58. The van der Waals surface area contributed by atoms with E-state index >= 15 is 0 Å². The van der Waals surface area contributed by atoms with E-state index in [9.17, 15) is 9.90 Å². The molecule has 6 nitrogen and oxygen atoms in total. The van der Waals surface area contributed by atoms with E-state index in [4.69, 9.17) is 4.74 Å². The molecule has 0 amide bonds. The molecule has 1 heterocycles. The number of carboxylic acid groups (broad SMARTS) is 1. The Morgan fingerprint density at radius 1 is 1.58 bits per heavy atom. The van der Waals surface area contributed by atoms with E-state index in [1.807, 2.05) is 0 Å². The number of carbonyl (C=O) groups is 1. The minimum Gasteiger partial charge on any atom is -0.493 e. The van der Waals surface area contributed by atoms with Crippen molar-refractivity contribution in [3.63, 3.8) is 0 Å². The Morgan fingerprint density at radius 3 is 2.79 bits per heavy atom. The summed E-state index contributed by atoms with van der Waals surface area (Å²) < 4.78 is 6.76. The Hall–Kier alpha value is -1.56. The molecule has 1 unspecified atom stereocenters. The number of aliphatic carboxylic acids is 1. The number of ether oxygens (including phenoxy) is 1. The SMILES string of the molecule is COc1cnn(CC(NC2CC2)(C(=O)O)C2CC2)c1. The molecule has 2 aliphatic rings. The molecule has 0 radical (unpaired) electrons. The fourth-order valence-electron chi connectivity index (χ4n) is 2.56. The number of carboxylic acids is 1. The van der Waals surface area contributed by atoms with Crippen LogP contribution in [0.15, 0.2) is 12.4 Å². The zero-order chi connectivity index (χ0) is 13.5. The minimum absolute atomic E-state index is 0.209. The van der Waals surface area contributed by atoms with E-state index in [0.717, 1.165) is 25.7 Å². The maximum Gasteiger partial charge on any atom is 0.326 e. The lowest BCUT2D eigenvalue weighted by Crippen LogP contribution is -2.57. The first-order chi connectivity index (χ1) is 9.14. The third kappa shape index (κ3) is 2.45. The Morgan fingerprint density at radius 2 is 2.32 bits per heavy atom. The van der Waals surface area contributed by atoms with Crippen LogP contribution < -0.4 is 10.1 Å². The van der Waals surface area contributed by atoms with Gasteiger partial charge in [-0.25, -0.2) is 0 Å².